The van der Waals surface area contributed by atoms with Crippen LogP contribution in [0.1, 0.15) is 51.0 Å². The van der Waals surface area contributed by atoms with Gasteiger partial charge in [0.25, 0.3) is 0 Å². The molecule has 2 aromatic carbocycles. The van der Waals surface area contributed by atoms with Crippen LogP contribution in [-0.4, -0.2) is 57.1 Å². The summed E-state index contributed by atoms with van der Waals surface area (Å²) in [6.07, 6.45) is 6.35. The molecule has 10 heteroatoms. The number of anilines is 1. The summed E-state index contributed by atoms with van der Waals surface area (Å²) in [6.45, 7) is 1.35. The lowest BCUT2D eigenvalue weighted by molar-refractivity contribution is -0.140. The monoisotopic (exact) mass is 533 g/mol. The summed E-state index contributed by atoms with van der Waals surface area (Å²) in [4.78, 5) is 28.5. The van der Waals surface area contributed by atoms with Crippen molar-refractivity contribution >= 4 is 27.5 Å². The van der Waals surface area contributed by atoms with Crippen LogP contribution in [-0.2, 0) is 26.2 Å². The van der Waals surface area contributed by atoms with Crippen molar-refractivity contribution in [1.82, 2.24) is 10.2 Å². The Morgan fingerprint density at radius 3 is 2.35 bits per heavy atom. The van der Waals surface area contributed by atoms with E-state index in [9.17, 15) is 22.4 Å². The van der Waals surface area contributed by atoms with E-state index in [4.69, 9.17) is 4.74 Å². The molecule has 0 radical (unpaired) electrons. The fourth-order valence-electron chi connectivity index (χ4n) is 4.64. The lowest BCUT2D eigenvalue weighted by atomic mass is 9.95. The molecule has 0 aromatic heterocycles. The summed E-state index contributed by atoms with van der Waals surface area (Å²) in [5.41, 5.74) is 0.801. The Balaban J connectivity index is 1.91. The maximum absolute atomic E-state index is 13.9. The number of methoxy groups -OCH3 is 1. The van der Waals surface area contributed by atoms with E-state index in [0.717, 1.165) is 54.3 Å². The molecular formula is C27H36FN3O5S. The third kappa shape index (κ3) is 7.92. The van der Waals surface area contributed by atoms with Crippen molar-refractivity contribution in [2.45, 2.75) is 64.1 Å². The number of carbonyl (C=O) groups excluding carboxylic acids is 2. The maximum Gasteiger partial charge on any atom is 0.244 e. The van der Waals surface area contributed by atoms with Crippen molar-refractivity contribution in [1.29, 1.82) is 0 Å². The summed E-state index contributed by atoms with van der Waals surface area (Å²) in [5, 5.41) is 3.10. The van der Waals surface area contributed by atoms with Crippen LogP contribution in [0, 0.1) is 5.82 Å². The molecule has 0 bridgehead atoms. The number of benzene rings is 2. The quantitative estimate of drug-likeness (QED) is 0.473. The van der Waals surface area contributed by atoms with Gasteiger partial charge in [-0.15, -0.1) is 0 Å². The fourth-order valence-corrected chi connectivity index (χ4v) is 5.48. The first-order chi connectivity index (χ1) is 17.6. The molecule has 1 saturated carbocycles. The van der Waals surface area contributed by atoms with Gasteiger partial charge in [-0.1, -0.05) is 44.4 Å². The Kier molecular flexibility index (Phi) is 9.91. The first-order valence-corrected chi connectivity index (χ1v) is 14.4. The van der Waals surface area contributed by atoms with E-state index in [0.29, 0.717) is 12.2 Å². The van der Waals surface area contributed by atoms with Crippen LogP contribution in [0.25, 0.3) is 0 Å². The largest absolute Gasteiger partial charge is 0.497 e. The lowest BCUT2D eigenvalue weighted by Crippen LogP contribution is -2.53. The zero-order chi connectivity index (χ0) is 27.0. The van der Waals surface area contributed by atoms with E-state index in [1.165, 1.54) is 23.1 Å². The number of carbonyl (C=O) groups is 2. The maximum atomic E-state index is 13.9. The topological polar surface area (TPSA) is 96.0 Å². The van der Waals surface area contributed by atoms with Crippen molar-refractivity contribution < 1.29 is 27.1 Å². The van der Waals surface area contributed by atoms with Gasteiger partial charge in [-0.3, -0.25) is 13.9 Å². The van der Waals surface area contributed by atoms with E-state index >= 15 is 0 Å². The minimum Gasteiger partial charge on any atom is -0.497 e. The molecule has 0 unspecified atom stereocenters. The third-order valence-electron chi connectivity index (χ3n) is 6.62. The first kappa shape index (κ1) is 28.4. The van der Waals surface area contributed by atoms with Crippen molar-refractivity contribution in [3.05, 3.63) is 59.9 Å². The zero-order valence-electron chi connectivity index (χ0n) is 21.7. The molecule has 1 aliphatic rings. The Labute approximate surface area is 218 Å². The second-order valence-electron chi connectivity index (χ2n) is 9.39. The molecule has 2 aromatic rings. The van der Waals surface area contributed by atoms with Crippen LogP contribution in [0.4, 0.5) is 10.1 Å². The van der Waals surface area contributed by atoms with Gasteiger partial charge >= 0.3 is 0 Å². The number of halogens is 1. The predicted octanol–water partition coefficient (Wildman–Crippen LogP) is 3.86. The molecule has 0 aliphatic heterocycles. The highest BCUT2D eigenvalue weighted by Crippen LogP contribution is 2.22. The Morgan fingerprint density at radius 1 is 1.11 bits per heavy atom. The number of amides is 2. The Hall–Kier alpha value is -3.14. The van der Waals surface area contributed by atoms with E-state index in [2.05, 4.69) is 5.32 Å². The van der Waals surface area contributed by atoms with Crippen molar-refractivity contribution in [3.8, 4) is 5.75 Å². The minimum absolute atomic E-state index is 0.0416. The number of sulfonamides is 1. The third-order valence-corrected chi connectivity index (χ3v) is 7.77. The molecule has 2 amide bonds. The lowest BCUT2D eigenvalue weighted by Gasteiger charge is -2.34. The van der Waals surface area contributed by atoms with Crippen molar-refractivity contribution in [2.24, 2.45) is 0 Å². The summed E-state index contributed by atoms with van der Waals surface area (Å²) < 4.78 is 45.2. The van der Waals surface area contributed by atoms with Gasteiger partial charge in [0.1, 0.15) is 24.2 Å². The predicted molar refractivity (Wildman–Crippen MR) is 141 cm³/mol. The molecule has 8 nitrogen and oxygen atoms in total. The van der Waals surface area contributed by atoms with Crippen LogP contribution in [0.2, 0.25) is 0 Å². The van der Waals surface area contributed by atoms with Crippen molar-refractivity contribution in [3.63, 3.8) is 0 Å². The molecule has 1 N–H and O–H groups in total. The number of hydrogen-bond donors (Lipinski definition) is 1. The molecule has 1 aliphatic carbocycles. The fraction of sp³-hybridized carbons (Fsp3) is 0.481. The molecule has 202 valence electrons. The molecule has 37 heavy (non-hydrogen) atoms. The van der Waals surface area contributed by atoms with E-state index < -0.39 is 34.3 Å². The number of rotatable bonds is 11. The number of nitrogens with one attached hydrogen (secondary N) is 1. The van der Waals surface area contributed by atoms with Crippen LogP contribution in [0.5, 0.6) is 5.75 Å². The summed E-state index contributed by atoms with van der Waals surface area (Å²) in [7, 11) is -2.36. The average molecular weight is 534 g/mol. The van der Waals surface area contributed by atoms with Crippen LogP contribution in [0.3, 0.4) is 0 Å². The molecule has 0 spiro atoms. The highest BCUT2D eigenvalue weighted by Gasteiger charge is 2.32. The number of nitrogens with zero attached hydrogens (tertiary/aromatic N) is 2. The normalized spacial score (nSPS) is 15.0. The molecule has 0 saturated heterocycles. The van der Waals surface area contributed by atoms with Crippen LogP contribution < -0.4 is 14.4 Å². The summed E-state index contributed by atoms with van der Waals surface area (Å²) in [6, 6.07) is 11.5. The average Bonchev–Trinajstić information content (AvgIpc) is 2.87. The van der Waals surface area contributed by atoms with Crippen LogP contribution in [0.15, 0.2) is 48.5 Å². The van der Waals surface area contributed by atoms with Gasteiger partial charge < -0.3 is 15.0 Å². The SMILES string of the molecule is CC[C@H](C(=O)NC1CCCCC1)N(Cc1ccc(OC)cc1)C(=O)CN(c1cccc(F)c1)S(C)(=O)=O. The molecule has 0 heterocycles. The first-order valence-electron chi connectivity index (χ1n) is 12.6. The zero-order valence-corrected chi connectivity index (χ0v) is 22.5. The van der Waals surface area contributed by atoms with Crippen molar-refractivity contribution in [2.75, 3.05) is 24.2 Å². The number of ether oxygens (including phenoxy) is 1. The number of hydrogen-bond acceptors (Lipinski definition) is 5. The molecule has 1 atom stereocenters. The van der Waals surface area contributed by atoms with E-state index in [1.54, 1.807) is 31.4 Å². The second kappa shape index (κ2) is 12.9. The standard InChI is InChI=1S/C27H36FN3O5S/c1-4-25(27(33)29-22-10-6-5-7-11-22)30(18-20-13-15-24(36-2)16-14-20)26(32)19-31(37(3,34)35)23-12-8-9-21(28)17-23/h8-9,12-17,22,25H,4-7,10-11,18-19H2,1-3H3,(H,29,33)/t25-/m1/s1. The summed E-state index contributed by atoms with van der Waals surface area (Å²) >= 11 is 0. The van der Waals surface area contributed by atoms with Crippen LogP contribution >= 0.6 is 0 Å². The molecule has 3 rings (SSSR count). The van der Waals surface area contributed by atoms with Gasteiger partial charge in [0.15, 0.2) is 0 Å². The van der Waals surface area contributed by atoms with E-state index in [-0.39, 0.29) is 24.2 Å². The smallest absolute Gasteiger partial charge is 0.244 e. The molecular weight excluding hydrogens is 497 g/mol. The van der Waals surface area contributed by atoms with Gasteiger partial charge in [-0.25, -0.2) is 12.8 Å². The molecule has 1 fully saturated rings. The van der Waals surface area contributed by atoms with E-state index in [1.807, 2.05) is 6.92 Å². The second-order valence-corrected chi connectivity index (χ2v) is 11.3. The highest BCUT2D eigenvalue weighted by molar-refractivity contribution is 7.92. The van der Waals surface area contributed by atoms with Gasteiger partial charge in [-0.2, -0.15) is 0 Å². The Morgan fingerprint density at radius 2 is 1.78 bits per heavy atom. The minimum atomic E-state index is -3.92. The van der Waals surface area contributed by atoms with Gasteiger partial charge in [0.2, 0.25) is 21.8 Å². The van der Waals surface area contributed by atoms with Gasteiger partial charge in [0.05, 0.1) is 19.1 Å². The highest BCUT2D eigenvalue weighted by atomic mass is 32.2. The Bertz CT molecular complexity index is 1170. The van der Waals surface area contributed by atoms with Gasteiger partial charge in [-0.05, 0) is 55.2 Å². The summed E-state index contributed by atoms with van der Waals surface area (Å²) in [5.74, 6) is -0.783. The van der Waals surface area contributed by atoms with Gasteiger partial charge in [0, 0.05) is 12.6 Å².